The van der Waals surface area contributed by atoms with Gasteiger partial charge in [-0.05, 0) is 12.1 Å². The Morgan fingerprint density at radius 2 is 1.74 bits per heavy atom. The average Bonchev–Trinajstić information content (AvgIpc) is 3.13. The van der Waals surface area contributed by atoms with Crippen LogP contribution in [0.1, 0.15) is 29.8 Å². The van der Waals surface area contributed by atoms with Gasteiger partial charge in [-0.25, -0.2) is 8.42 Å². The molecule has 1 fully saturated rings. The second-order valence-corrected chi connectivity index (χ2v) is 10.2. The molecule has 1 aromatic heterocycles. The normalized spacial score (nSPS) is 15.6. The third kappa shape index (κ3) is 5.23. The first-order valence-corrected chi connectivity index (χ1v) is 12.3. The van der Waals surface area contributed by atoms with E-state index in [9.17, 15) is 13.2 Å². The minimum absolute atomic E-state index is 0.00902. The van der Waals surface area contributed by atoms with E-state index in [1.165, 1.54) is 16.4 Å². The molecule has 0 saturated carbocycles. The van der Waals surface area contributed by atoms with Gasteiger partial charge in [-0.15, -0.1) is 0 Å². The minimum Gasteiger partial charge on any atom is -0.336 e. The molecule has 1 aliphatic heterocycles. The van der Waals surface area contributed by atoms with Crippen molar-refractivity contribution >= 4 is 39.1 Å². The number of halogens is 2. The van der Waals surface area contributed by atoms with Crippen LogP contribution in [0.4, 0.5) is 0 Å². The molecule has 1 amide bonds. The molecule has 2 aromatic rings. The number of aromatic nitrogens is 2. The van der Waals surface area contributed by atoms with Crippen LogP contribution in [0.25, 0.3) is 0 Å². The van der Waals surface area contributed by atoms with Crippen molar-refractivity contribution in [3.63, 3.8) is 0 Å². The molecule has 11 heteroatoms. The Balaban J connectivity index is 1.76. The number of carbonyl (C=O) groups is 1. The van der Waals surface area contributed by atoms with Gasteiger partial charge in [0.1, 0.15) is 4.90 Å². The highest BCUT2D eigenvalue weighted by molar-refractivity contribution is 7.89. The van der Waals surface area contributed by atoms with Crippen molar-refractivity contribution in [1.82, 2.24) is 23.9 Å². The largest absolute Gasteiger partial charge is 0.336 e. The molecule has 0 radical (unpaired) electrons. The number of carbonyl (C=O) groups excluding carboxylic acids is 1. The molecule has 2 heterocycles. The quantitative estimate of drug-likeness (QED) is 0.599. The fourth-order valence-electron chi connectivity index (χ4n) is 3.68. The van der Waals surface area contributed by atoms with Crippen molar-refractivity contribution in [2.45, 2.75) is 25.3 Å². The maximum Gasteiger partial charge on any atom is 0.255 e. The fraction of sp³-hybridized carbons (Fsp3) is 0.500. The molecule has 1 aliphatic rings. The van der Waals surface area contributed by atoms with E-state index in [-0.39, 0.29) is 26.4 Å². The van der Waals surface area contributed by atoms with E-state index < -0.39 is 10.0 Å². The molecular weight excluding hydrogens is 461 g/mol. The lowest BCUT2D eigenvalue weighted by Gasteiger charge is -2.34. The lowest BCUT2D eigenvalue weighted by Crippen LogP contribution is -2.48. The summed E-state index contributed by atoms with van der Waals surface area (Å²) in [5, 5.41) is 4.34. The summed E-state index contributed by atoms with van der Waals surface area (Å²) in [5.74, 6) is -0.293. The van der Waals surface area contributed by atoms with Gasteiger partial charge >= 0.3 is 0 Å². The van der Waals surface area contributed by atoms with Crippen LogP contribution in [-0.2, 0) is 23.6 Å². The first kappa shape index (κ1) is 24.0. The van der Waals surface area contributed by atoms with Crippen molar-refractivity contribution in [3.05, 3.63) is 45.7 Å². The zero-order chi connectivity index (χ0) is 22.8. The summed E-state index contributed by atoms with van der Waals surface area (Å²) in [7, 11) is -1.94. The van der Waals surface area contributed by atoms with E-state index in [0.717, 1.165) is 12.1 Å². The Kier molecular flexibility index (Phi) is 7.64. The highest BCUT2D eigenvalue weighted by atomic mass is 35.5. The van der Waals surface area contributed by atoms with Crippen molar-refractivity contribution in [2.75, 3.05) is 39.3 Å². The van der Waals surface area contributed by atoms with E-state index in [4.69, 9.17) is 23.2 Å². The summed E-state index contributed by atoms with van der Waals surface area (Å²) < 4.78 is 29.0. The third-order valence-corrected chi connectivity index (χ3v) is 8.23. The summed E-state index contributed by atoms with van der Waals surface area (Å²) in [6, 6.07) is 2.65. The molecule has 0 bridgehead atoms. The van der Waals surface area contributed by atoms with Gasteiger partial charge in [0.25, 0.3) is 5.91 Å². The van der Waals surface area contributed by atoms with E-state index in [0.29, 0.717) is 39.3 Å². The second-order valence-electron chi connectivity index (χ2n) is 7.44. The number of amides is 1. The summed E-state index contributed by atoms with van der Waals surface area (Å²) in [6.07, 6.45) is 3.81. The van der Waals surface area contributed by atoms with Gasteiger partial charge in [0.2, 0.25) is 10.0 Å². The second kappa shape index (κ2) is 9.87. The van der Waals surface area contributed by atoms with Crippen molar-refractivity contribution < 1.29 is 13.2 Å². The van der Waals surface area contributed by atoms with Crippen LogP contribution in [0, 0.1) is 0 Å². The van der Waals surface area contributed by atoms with Crippen molar-refractivity contribution in [3.8, 4) is 0 Å². The van der Waals surface area contributed by atoms with Crippen LogP contribution in [0.2, 0.25) is 10.0 Å². The van der Waals surface area contributed by atoms with Gasteiger partial charge in [0, 0.05) is 64.6 Å². The number of aryl methyl sites for hydroxylation is 1. The van der Waals surface area contributed by atoms with Crippen LogP contribution >= 0.6 is 23.2 Å². The first-order valence-electron chi connectivity index (χ1n) is 10.2. The van der Waals surface area contributed by atoms with Crippen LogP contribution in [0.3, 0.4) is 0 Å². The predicted molar refractivity (Wildman–Crippen MR) is 121 cm³/mol. The molecule has 1 saturated heterocycles. The maximum absolute atomic E-state index is 13.1. The monoisotopic (exact) mass is 487 g/mol. The zero-order valence-electron chi connectivity index (χ0n) is 17.9. The van der Waals surface area contributed by atoms with Gasteiger partial charge in [-0.3, -0.25) is 14.4 Å². The van der Waals surface area contributed by atoms with Gasteiger partial charge < -0.3 is 4.90 Å². The number of hydrogen-bond acceptors (Lipinski definition) is 5. The van der Waals surface area contributed by atoms with Gasteiger partial charge in [-0.2, -0.15) is 9.40 Å². The molecule has 0 unspecified atom stereocenters. The lowest BCUT2D eigenvalue weighted by atomic mass is 10.1. The average molecular weight is 488 g/mol. The molecule has 3 rings (SSSR count). The Hall–Kier alpha value is -1.65. The van der Waals surface area contributed by atoms with Gasteiger partial charge in [0.15, 0.2) is 0 Å². The molecule has 170 valence electrons. The molecule has 1 aromatic carbocycles. The van der Waals surface area contributed by atoms with E-state index in [2.05, 4.69) is 10.00 Å². The van der Waals surface area contributed by atoms with E-state index in [1.807, 2.05) is 19.4 Å². The number of hydrogen-bond donors (Lipinski definition) is 0. The minimum atomic E-state index is -3.82. The SMILES string of the molecule is CCN(CC)S(=O)(=O)c1cc(C(=O)N2CCN(Cc3cnn(C)c3)CC2)c(Cl)cc1Cl. The van der Waals surface area contributed by atoms with Crippen LogP contribution < -0.4 is 0 Å². The Morgan fingerprint density at radius 3 is 2.29 bits per heavy atom. The summed E-state index contributed by atoms with van der Waals surface area (Å²) >= 11 is 12.5. The number of piperazine rings is 1. The smallest absolute Gasteiger partial charge is 0.255 e. The third-order valence-electron chi connectivity index (χ3n) is 5.40. The summed E-state index contributed by atoms with van der Waals surface area (Å²) in [5.41, 5.74) is 1.27. The van der Waals surface area contributed by atoms with Crippen LogP contribution in [-0.4, -0.2) is 77.5 Å². The number of benzene rings is 1. The number of rotatable bonds is 7. The van der Waals surface area contributed by atoms with Crippen LogP contribution in [0.5, 0.6) is 0 Å². The predicted octanol–water partition coefficient (Wildman–Crippen LogP) is 2.72. The summed E-state index contributed by atoms with van der Waals surface area (Å²) in [4.78, 5) is 17.0. The molecule has 0 aliphatic carbocycles. The highest BCUT2D eigenvalue weighted by Gasteiger charge is 2.29. The van der Waals surface area contributed by atoms with Crippen molar-refractivity contribution in [2.24, 2.45) is 7.05 Å². The molecule has 0 spiro atoms. The molecule has 31 heavy (non-hydrogen) atoms. The molecule has 8 nitrogen and oxygen atoms in total. The number of sulfonamides is 1. The standard InChI is InChI=1S/C20H27Cl2N5O3S/c1-4-27(5-2)31(29,30)19-10-16(17(21)11-18(19)22)20(28)26-8-6-25(7-9-26)14-15-12-23-24(3)13-15/h10-13H,4-9,14H2,1-3H3. The van der Waals surface area contributed by atoms with Gasteiger partial charge in [0.05, 0.1) is 21.8 Å². The van der Waals surface area contributed by atoms with Crippen molar-refractivity contribution in [1.29, 1.82) is 0 Å². The zero-order valence-corrected chi connectivity index (χ0v) is 20.2. The molecule has 0 N–H and O–H groups in total. The Morgan fingerprint density at radius 1 is 1.10 bits per heavy atom. The van der Waals surface area contributed by atoms with E-state index >= 15 is 0 Å². The topological polar surface area (TPSA) is 78.8 Å². The van der Waals surface area contributed by atoms with Gasteiger partial charge in [-0.1, -0.05) is 37.0 Å². The number of nitrogens with zero attached hydrogens (tertiary/aromatic N) is 5. The highest BCUT2D eigenvalue weighted by Crippen LogP contribution is 2.31. The Bertz CT molecular complexity index is 1050. The van der Waals surface area contributed by atoms with E-state index in [1.54, 1.807) is 23.4 Å². The molecule has 0 atom stereocenters. The molecular formula is C20H27Cl2N5O3S. The first-order chi connectivity index (χ1) is 14.7. The summed E-state index contributed by atoms with van der Waals surface area (Å²) in [6.45, 7) is 7.34. The Labute approximate surface area is 193 Å². The fourth-order valence-corrected chi connectivity index (χ4v) is 5.97. The van der Waals surface area contributed by atoms with Crippen LogP contribution in [0.15, 0.2) is 29.4 Å². The maximum atomic E-state index is 13.1. The lowest BCUT2D eigenvalue weighted by molar-refractivity contribution is 0.0628.